The number of halogens is 2. The summed E-state index contributed by atoms with van der Waals surface area (Å²) in [7, 11) is 0. The molecule has 1 N–H and O–H groups in total. The zero-order chi connectivity index (χ0) is 14.7. The van der Waals surface area contributed by atoms with Crippen molar-refractivity contribution in [3.05, 3.63) is 34.1 Å². The van der Waals surface area contributed by atoms with Crippen molar-refractivity contribution in [2.24, 2.45) is 0 Å². The van der Waals surface area contributed by atoms with Crippen molar-refractivity contribution in [2.75, 3.05) is 13.1 Å². The zero-order valence-corrected chi connectivity index (χ0v) is 13.4. The Morgan fingerprint density at radius 2 is 2.20 bits per heavy atom. The molecule has 110 valence electrons. The minimum Gasteiger partial charge on any atom is -0.333 e. The molecule has 3 nitrogen and oxygen atoms in total. The molecule has 2 unspecified atom stereocenters. The molecule has 1 aliphatic rings. The summed E-state index contributed by atoms with van der Waals surface area (Å²) < 4.78 is 14.6. The summed E-state index contributed by atoms with van der Waals surface area (Å²) in [5.74, 6) is -0.671. The van der Waals surface area contributed by atoms with E-state index in [2.05, 4.69) is 35.1 Å². The monoisotopic (exact) mass is 342 g/mol. The summed E-state index contributed by atoms with van der Waals surface area (Å²) >= 11 is 3.30. The van der Waals surface area contributed by atoms with Gasteiger partial charge >= 0.3 is 0 Å². The first-order chi connectivity index (χ1) is 9.56. The van der Waals surface area contributed by atoms with E-state index in [1.165, 1.54) is 6.07 Å². The molecule has 1 saturated heterocycles. The molecule has 1 aromatic rings. The van der Waals surface area contributed by atoms with Gasteiger partial charge in [-0.1, -0.05) is 29.8 Å². The maximum absolute atomic E-state index is 13.9. The number of nitrogens with zero attached hydrogens (tertiary/aromatic N) is 1. The Labute approximate surface area is 127 Å². The van der Waals surface area contributed by atoms with Crippen LogP contribution in [0.15, 0.2) is 22.7 Å². The van der Waals surface area contributed by atoms with Crippen LogP contribution in [-0.2, 0) is 0 Å². The minimum absolute atomic E-state index is 0.128. The Balaban J connectivity index is 2.26. The van der Waals surface area contributed by atoms with E-state index >= 15 is 0 Å². The van der Waals surface area contributed by atoms with Gasteiger partial charge in [-0.05, 0) is 31.0 Å². The number of carbonyl (C=O) groups excluding carboxylic acids is 1. The Hall–Kier alpha value is -0.940. The van der Waals surface area contributed by atoms with Gasteiger partial charge in [-0.2, -0.15) is 0 Å². The van der Waals surface area contributed by atoms with Gasteiger partial charge in [-0.25, -0.2) is 4.39 Å². The van der Waals surface area contributed by atoms with Crippen molar-refractivity contribution in [3.63, 3.8) is 0 Å². The van der Waals surface area contributed by atoms with Crippen LogP contribution in [-0.4, -0.2) is 36.0 Å². The van der Waals surface area contributed by atoms with E-state index in [-0.39, 0.29) is 23.6 Å². The fourth-order valence-corrected chi connectivity index (χ4v) is 2.93. The van der Waals surface area contributed by atoms with Crippen LogP contribution in [0.3, 0.4) is 0 Å². The van der Waals surface area contributed by atoms with Gasteiger partial charge in [0.15, 0.2) is 0 Å². The first-order valence-electron chi connectivity index (χ1n) is 7.06. The number of carbonyl (C=O) groups is 1. The molecule has 1 fully saturated rings. The van der Waals surface area contributed by atoms with Crippen LogP contribution in [0.5, 0.6) is 0 Å². The van der Waals surface area contributed by atoms with Crippen LogP contribution >= 0.6 is 15.9 Å². The van der Waals surface area contributed by atoms with E-state index < -0.39 is 5.82 Å². The quantitative estimate of drug-likeness (QED) is 0.914. The summed E-state index contributed by atoms with van der Waals surface area (Å²) in [5.41, 5.74) is 0.148. The number of amides is 1. The van der Waals surface area contributed by atoms with Crippen molar-refractivity contribution in [1.29, 1.82) is 0 Å². The lowest BCUT2D eigenvalue weighted by molar-refractivity contribution is 0.0571. The van der Waals surface area contributed by atoms with E-state index in [1.807, 2.05) is 4.90 Å². The van der Waals surface area contributed by atoms with Gasteiger partial charge in [0, 0.05) is 29.6 Å². The normalized spacial score (nSPS) is 22.9. The van der Waals surface area contributed by atoms with Gasteiger partial charge in [0.05, 0.1) is 5.56 Å². The molecule has 2 rings (SSSR count). The largest absolute Gasteiger partial charge is 0.333 e. The second kappa shape index (κ2) is 6.68. The molecule has 0 bridgehead atoms. The summed E-state index contributed by atoms with van der Waals surface area (Å²) in [6.45, 7) is 5.55. The molecular formula is C15H20BrFN2O. The zero-order valence-electron chi connectivity index (χ0n) is 11.8. The number of rotatable bonds is 3. The third-order valence-electron chi connectivity index (χ3n) is 3.88. The molecule has 0 aromatic heterocycles. The number of hydrogen-bond donors (Lipinski definition) is 1. The van der Waals surface area contributed by atoms with Gasteiger partial charge in [0.25, 0.3) is 5.91 Å². The lowest BCUT2D eigenvalue weighted by Crippen LogP contribution is -2.58. The highest BCUT2D eigenvalue weighted by Gasteiger charge is 2.31. The molecular weight excluding hydrogens is 323 g/mol. The van der Waals surface area contributed by atoms with Crippen molar-refractivity contribution < 1.29 is 9.18 Å². The van der Waals surface area contributed by atoms with Crippen LogP contribution in [0.25, 0.3) is 0 Å². The van der Waals surface area contributed by atoms with E-state index in [0.29, 0.717) is 6.54 Å². The van der Waals surface area contributed by atoms with Crippen molar-refractivity contribution in [2.45, 2.75) is 38.8 Å². The molecule has 0 aliphatic carbocycles. The maximum atomic E-state index is 13.9. The van der Waals surface area contributed by atoms with Gasteiger partial charge in [-0.15, -0.1) is 0 Å². The van der Waals surface area contributed by atoms with E-state index in [0.717, 1.165) is 23.9 Å². The van der Waals surface area contributed by atoms with Crippen LogP contribution in [0, 0.1) is 5.82 Å². The molecule has 1 aliphatic heterocycles. The molecule has 1 amide bonds. The highest BCUT2D eigenvalue weighted by Crippen LogP contribution is 2.21. The minimum atomic E-state index is -0.459. The van der Waals surface area contributed by atoms with Crippen LogP contribution in [0.4, 0.5) is 4.39 Å². The van der Waals surface area contributed by atoms with E-state index in [4.69, 9.17) is 0 Å². The number of piperazine rings is 1. The van der Waals surface area contributed by atoms with Crippen LogP contribution < -0.4 is 5.32 Å². The molecule has 5 heteroatoms. The topological polar surface area (TPSA) is 32.3 Å². The van der Waals surface area contributed by atoms with Gasteiger partial charge in [0.2, 0.25) is 0 Å². The van der Waals surface area contributed by atoms with E-state index in [9.17, 15) is 9.18 Å². The number of benzene rings is 1. The average Bonchev–Trinajstić information content (AvgIpc) is 2.48. The van der Waals surface area contributed by atoms with Crippen molar-refractivity contribution >= 4 is 21.8 Å². The summed E-state index contributed by atoms with van der Waals surface area (Å²) in [4.78, 5) is 14.5. The second-order valence-electron chi connectivity index (χ2n) is 5.16. The predicted octanol–water partition coefficient (Wildman–Crippen LogP) is 3.19. The maximum Gasteiger partial charge on any atom is 0.257 e. The molecule has 1 heterocycles. The van der Waals surface area contributed by atoms with Gasteiger partial charge in [-0.3, -0.25) is 4.79 Å². The molecule has 0 saturated carbocycles. The fourth-order valence-electron chi connectivity index (χ4n) is 2.57. The van der Waals surface area contributed by atoms with Crippen LogP contribution in [0.1, 0.15) is 37.0 Å². The molecule has 0 radical (unpaired) electrons. The highest BCUT2D eigenvalue weighted by atomic mass is 79.9. The Morgan fingerprint density at radius 3 is 2.85 bits per heavy atom. The third kappa shape index (κ3) is 3.20. The molecule has 2 atom stereocenters. The second-order valence-corrected chi connectivity index (χ2v) is 6.07. The van der Waals surface area contributed by atoms with Crippen molar-refractivity contribution in [1.82, 2.24) is 10.2 Å². The fraction of sp³-hybridized carbons (Fsp3) is 0.533. The predicted molar refractivity (Wildman–Crippen MR) is 81.3 cm³/mol. The number of hydrogen-bond acceptors (Lipinski definition) is 2. The Morgan fingerprint density at radius 1 is 1.45 bits per heavy atom. The third-order valence-corrected chi connectivity index (χ3v) is 4.38. The highest BCUT2D eigenvalue weighted by molar-refractivity contribution is 9.10. The molecule has 1 aromatic carbocycles. The van der Waals surface area contributed by atoms with Crippen LogP contribution in [0.2, 0.25) is 0 Å². The number of nitrogens with one attached hydrogen (secondary N) is 1. The SMILES string of the molecule is CCC1CN(C(=O)c2cc(Br)ccc2F)C(CC)CN1. The molecule has 20 heavy (non-hydrogen) atoms. The smallest absolute Gasteiger partial charge is 0.257 e. The Bertz CT molecular complexity index is 495. The van der Waals surface area contributed by atoms with E-state index in [1.54, 1.807) is 12.1 Å². The first kappa shape index (κ1) is 15.4. The lowest BCUT2D eigenvalue weighted by atomic mass is 10.0. The summed E-state index contributed by atoms with van der Waals surface area (Å²) in [5, 5.41) is 3.44. The molecule has 0 spiro atoms. The standard InChI is InChI=1S/C15H20BrFN2O/c1-3-11-9-19(12(4-2)8-18-11)15(20)13-7-10(16)5-6-14(13)17/h5-7,11-12,18H,3-4,8-9H2,1-2H3. The van der Waals surface area contributed by atoms with Crippen molar-refractivity contribution in [3.8, 4) is 0 Å². The first-order valence-corrected chi connectivity index (χ1v) is 7.85. The van der Waals surface area contributed by atoms with Gasteiger partial charge < -0.3 is 10.2 Å². The lowest BCUT2D eigenvalue weighted by Gasteiger charge is -2.40. The average molecular weight is 343 g/mol. The Kier molecular flexibility index (Phi) is 5.16. The summed E-state index contributed by atoms with van der Waals surface area (Å²) in [6, 6.07) is 4.92. The summed E-state index contributed by atoms with van der Waals surface area (Å²) in [6.07, 6.45) is 1.83. The van der Waals surface area contributed by atoms with Gasteiger partial charge in [0.1, 0.15) is 5.82 Å².